The Morgan fingerprint density at radius 2 is 1.81 bits per heavy atom. The molecule has 1 aliphatic heterocycles. The van der Waals surface area contributed by atoms with Crippen LogP contribution in [0.25, 0.3) is 10.8 Å². The van der Waals surface area contributed by atoms with E-state index in [4.69, 9.17) is 9.47 Å². The summed E-state index contributed by atoms with van der Waals surface area (Å²) in [5.41, 5.74) is 0.689. The number of carbonyl (C=O) groups excluding carboxylic acids is 3. The second kappa shape index (κ2) is 8.42. The number of amides is 2. The highest BCUT2D eigenvalue weighted by atomic mass is 32.2. The van der Waals surface area contributed by atoms with E-state index in [-0.39, 0.29) is 24.0 Å². The topological polar surface area (TPSA) is 119 Å². The summed E-state index contributed by atoms with van der Waals surface area (Å²) in [5.74, 6) is -1.44. The van der Waals surface area contributed by atoms with E-state index >= 15 is 0 Å². The lowest BCUT2D eigenvalue weighted by molar-refractivity contribution is -0.141. The normalized spacial score (nSPS) is 15.9. The summed E-state index contributed by atoms with van der Waals surface area (Å²) in [6, 6.07) is 7.89. The van der Waals surface area contributed by atoms with Crippen molar-refractivity contribution >= 4 is 44.5 Å². The summed E-state index contributed by atoms with van der Waals surface area (Å²) in [4.78, 5) is 36.9. The first-order chi connectivity index (χ1) is 14.8. The van der Waals surface area contributed by atoms with Gasteiger partial charge in [-0.1, -0.05) is 12.1 Å². The second-order valence-electron chi connectivity index (χ2n) is 8.63. The smallest absolute Gasteiger partial charge is 0.414 e. The van der Waals surface area contributed by atoms with Gasteiger partial charge in [0.05, 0.1) is 17.2 Å². The zero-order chi connectivity index (χ0) is 23.8. The maximum Gasteiger partial charge on any atom is 0.414 e. The summed E-state index contributed by atoms with van der Waals surface area (Å²) in [6.07, 6.45) is -0.520. The first-order valence-corrected chi connectivity index (χ1v) is 11.5. The summed E-state index contributed by atoms with van der Waals surface area (Å²) in [7, 11) is -4.00. The molecule has 0 saturated carbocycles. The van der Waals surface area contributed by atoms with Gasteiger partial charge in [-0.2, -0.15) is 0 Å². The fraction of sp³-hybridized carbons (Fsp3) is 0.409. The Bertz CT molecular complexity index is 1200. The minimum absolute atomic E-state index is 0.0568. The van der Waals surface area contributed by atoms with Crippen molar-refractivity contribution in [2.45, 2.75) is 51.0 Å². The van der Waals surface area contributed by atoms with Gasteiger partial charge in [0.15, 0.2) is 0 Å². The number of fused-ring (bicyclic) bond motifs is 3. The van der Waals surface area contributed by atoms with Gasteiger partial charge in [-0.3, -0.25) is 14.5 Å². The molecule has 0 aromatic heterocycles. The van der Waals surface area contributed by atoms with E-state index in [0.717, 1.165) is 12.5 Å². The molecule has 0 spiro atoms. The zero-order valence-electron chi connectivity index (χ0n) is 18.6. The van der Waals surface area contributed by atoms with Gasteiger partial charge in [0, 0.05) is 26.3 Å². The van der Waals surface area contributed by atoms with Crippen LogP contribution in [0.3, 0.4) is 0 Å². The van der Waals surface area contributed by atoms with Crippen molar-refractivity contribution in [1.82, 2.24) is 4.72 Å². The zero-order valence-corrected chi connectivity index (χ0v) is 19.4. The van der Waals surface area contributed by atoms with Crippen molar-refractivity contribution in [3.05, 3.63) is 35.9 Å². The predicted octanol–water partition coefficient (Wildman–Crippen LogP) is 3.07. The van der Waals surface area contributed by atoms with E-state index in [0.29, 0.717) is 16.5 Å². The molecule has 2 amide bonds. The summed E-state index contributed by atoms with van der Waals surface area (Å²) >= 11 is 0. The lowest BCUT2D eigenvalue weighted by Crippen LogP contribution is -2.36. The molecule has 9 nitrogen and oxygen atoms in total. The highest BCUT2D eigenvalue weighted by molar-refractivity contribution is 7.90. The van der Waals surface area contributed by atoms with Crippen molar-refractivity contribution in [3.8, 4) is 0 Å². The van der Waals surface area contributed by atoms with Crippen LogP contribution in [0.5, 0.6) is 0 Å². The van der Waals surface area contributed by atoms with Gasteiger partial charge in [0.25, 0.3) is 10.0 Å². The van der Waals surface area contributed by atoms with Crippen LogP contribution in [0.1, 0.15) is 46.1 Å². The van der Waals surface area contributed by atoms with Crippen LogP contribution >= 0.6 is 0 Å². The Labute approximate surface area is 186 Å². The number of nitrogens with zero attached hydrogens (tertiary/aromatic N) is 1. The molecule has 10 heteroatoms. The van der Waals surface area contributed by atoms with E-state index in [1.54, 1.807) is 39.0 Å². The summed E-state index contributed by atoms with van der Waals surface area (Å²) in [5, 5.41) is 1.32. The number of carbonyl (C=O) groups is 3. The largest absolute Gasteiger partial charge is 0.465 e. The van der Waals surface area contributed by atoms with Gasteiger partial charge in [0.2, 0.25) is 5.91 Å². The minimum Gasteiger partial charge on any atom is -0.465 e. The number of ether oxygens (including phenoxy) is 2. The summed E-state index contributed by atoms with van der Waals surface area (Å²) < 4.78 is 37.4. The maximum atomic E-state index is 12.8. The van der Waals surface area contributed by atoms with Gasteiger partial charge in [-0.15, -0.1) is 0 Å². The van der Waals surface area contributed by atoms with Gasteiger partial charge >= 0.3 is 12.1 Å². The number of nitrogens with one attached hydrogen (secondary N) is 1. The van der Waals surface area contributed by atoms with Crippen LogP contribution in [-0.4, -0.2) is 45.1 Å². The van der Waals surface area contributed by atoms with Crippen molar-refractivity contribution in [3.63, 3.8) is 0 Å². The molecule has 3 rings (SSSR count). The Hall–Kier alpha value is -3.14. The van der Waals surface area contributed by atoms with Crippen LogP contribution in [0, 0.1) is 0 Å². The third-order valence-corrected chi connectivity index (χ3v) is 6.23. The van der Waals surface area contributed by atoms with Crippen molar-refractivity contribution in [2.24, 2.45) is 0 Å². The fourth-order valence-corrected chi connectivity index (χ4v) is 4.68. The molecule has 32 heavy (non-hydrogen) atoms. The highest BCUT2D eigenvalue weighted by Crippen LogP contribution is 2.42. The van der Waals surface area contributed by atoms with Gasteiger partial charge in [-0.05, 0) is 55.3 Å². The number of benzene rings is 2. The van der Waals surface area contributed by atoms with E-state index in [2.05, 4.69) is 0 Å². The molecular weight excluding hydrogens is 436 g/mol. The van der Waals surface area contributed by atoms with Crippen molar-refractivity contribution < 1.29 is 32.3 Å². The van der Waals surface area contributed by atoms with Crippen LogP contribution in [-0.2, 0) is 29.1 Å². The molecule has 0 bridgehead atoms. The quantitative estimate of drug-likeness (QED) is 0.694. The van der Waals surface area contributed by atoms with E-state index in [1.165, 1.54) is 24.0 Å². The summed E-state index contributed by atoms with van der Waals surface area (Å²) in [6.45, 7) is 8.07. The number of hydrogen-bond acceptors (Lipinski definition) is 7. The van der Waals surface area contributed by atoms with Crippen LogP contribution in [0.4, 0.5) is 10.5 Å². The van der Waals surface area contributed by atoms with Crippen LogP contribution < -0.4 is 9.62 Å². The monoisotopic (exact) mass is 462 g/mol. The van der Waals surface area contributed by atoms with Crippen molar-refractivity contribution in [2.75, 3.05) is 18.1 Å². The second-order valence-corrected chi connectivity index (χ2v) is 10.3. The lowest BCUT2D eigenvalue weighted by Gasteiger charge is -2.25. The average Bonchev–Trinajstić information content (AvgIpc) is 3.03. The molecule has 1 aliphatic rings. The maximum absolute atomic E-state index is 12.8. The molecule has 1 N–H and O–H groups in total. The molecule has 0 saturated heterocycles. The highest BCUT2D eigenvalue weighted by Gasteiger charge is 2.37. The third kappa shape index (κ3) is 5.01. The standard InChI is InChI=1S/C22H26N2O7S/c1-13(25)23-32(28,29)17-7-8-18-15(10-17)6-9-19-20(18)16(12-30-14(2)26)11-24(19)21(27)31-22(3,4)5/h6-10,16H,11-12H2,1-5H3,(H,23,25). The molecule has 1 unspecified atom stereocenters. The third-order valence-electron chi connectivity index (χ3n) is 4.80. The minimum atomic E-state index is -4.00. The number of rotatable bonds is 4. The Balaban J connectivity index is 2.09. The van der Waals surface area contributed by atoms with Crippen LogP contribution in [0.2, 0.25) is 0 Å². The molecule has 2 aromatic carbocycles. The number of anilines is 1. The van der Waals surface area contributed by atoms with Crippen LogP contribution in [0.15, 0.2) is 35.2 Å². The first-order valence-electron chi connectivity index (χ1n) is 10.0. The number of hydrogen-bond donors (Lipinski definition) is 1. The molecule has 172 valence electrons. The average molecular weight is 463 g/mol. The Morgan fingerprint density at radius 1 is 1.12 bits per heavy atom. The number of sulfonamides is 1. The molecule has 1 heterocycles. The van der Waals surface area contributed by atoms with E-state index in [1.807, 2.05) is 4.72 Å². The van der Waals surface area contributed by atoms with Crippen molar-refractivity contribution in [1.29, 1.82) is 0 Å². The number of esters is 1. The molecule has 1 atom stereocenters. The SMILES string of the molecule is CC(=O)NS(=O)(=O)c1ccc2c3c(ccc2c1)N(C(=O)OC(C)(C)C)CC3COC(C)=O. The lowest BCUT2D eigenvalue weighted by atomic mass is 9.95. The van der Waals surface area contributed by atoms with E-state index < -0.39 is 33.6 Å². The van der Waals surface area contributed by atoms with Gasteiger partial charge in [0.1, 0.15) is 5.60 Å². The first kappa shape index (κ1) is 23.5. The van der Waals surface area contributed by atoms with Gasteiger partial charge in [-0.25, -0.2) is 17.9 Å². The molecule has 0 fully saturated rings. The fourth-order valence-electron chi connectivity index (χ4n) is 3.65. The Morgan fingerprint density at radius 3 is 2.41 bits per heavy atom. The molecule has 2 aromatic rings. The molecule has 0 radical (unpaired) electrons. The molecule has 0 aliphatic carbocycles. The predicted molar refractivity (Wildman–Crippen MR) is 118 cm³/mol. The Kier molecular flexibility index (Phi) is 6.19. The van der Waals surface area contributed by atoms with E-state index in [9.17, 15) is 22.8 Å². The van der Waals surface area contributed by atoms with Gasteiger partial charge < -0.3 is 9.47 Å². The molecular formula is C22H26N2O7S.